The van der Waals surface area contributed by atoms with E-state index in [1.165, 1.54) is 26.0 Å². The van der Waals surface area contributed by atoms with Crippen molar-refractivity contribution in [3.63, 3.8) is 0 Å². The van der Waals surface area contributed by atoms with Crippen molar-refractivity contribution in [1.82, 2.24) is 0 Å². The van der Waals surface area contributed by atoms with Crippen molar-refractivity contribution in [3.05, 3.63) is 28.2 Å². The summed E-state index contributed by atoms with van der Waals surface area (Å²) in [5.74, 6) is -1.23. The number of ether oxygens (including phenoxy) is 2. The van der Waals surface area contributed by atoms with Crippen LogP contribution in [0.4, 0.5) is 0 Å². The van der Waals surface area contributed by atoms with E-state index in [-0.39, 0.29) is 10.8 Å². The molecule has 128 valence electrons. The van der Waals surface area contributed by atoms with Gasteiger partial charge in [-0.05, 0) is 32.4 Å². The molecule has 0 amide bonds. The van der Waals surface area contributed by atoms with E-state index in [1.807, 2.05) is 0 Å². The molecule has 6 heteroatoms. The first-order valence-electron chi connectivity index (χ1n) is 7.63. The highest BCUT2D eigenvalue weighted by Crippen LogP contribution is 2.30. The zero-order valence-corrected chi connectivity index (χ0v) is 15.2. The summed E-state index contributed by atoms with van der Waals surface area (Å²) in [5.41, 5.74) is -1.42. The van der Waals surface area contributed by atoms with Crippen LogP contribution in [0, 0.1) is 5.41 Å². The Morgan fingerprint density at radius 1 is 1.09 bits per heavy atom. The van der Waals surface area contributed by atoms with Crippen molar-refractivity contribution in [2.24, 2.45) is 5.41 Å². The van der Waals surface area contributed by atoms with Crippen molar-refractivity contribution in [3.8, 4) is 5.75 Å². The van der Waals surface area contributed by atoms with Crippen LogP contribution in [-0.4, -0.2) is 18.5 Å². The fourth-order valence-electron chi connectivity index (χ4n) is 1.74. The monoisotopic (exact) mass is 360 g/mol. The number of esters is 2. The summed E-state index contributed by atoms with van der Waals surface area (Å²) in [4.78, 5) is 24.3. The molecule has 0 atom stereocenters. The zero-order valence-electron chi connectivity index (χ0n) is 13.7. The van der Waals surface area contributed by atoms with E-state index in [0.29, 0.717) is 11.6 Å². The topological polar surface area (TPSA) is 52.6 Å². The molecule has 0 saturated heterocycles. The van der Waals surface area contributed by atoms with Gasteiger partial charge in [-0.3, -0.25) is 9.59 Å². The molecule has 0 saturated carbocycles. The van der Waals surface area contributed by atoms with Crippen LogP contribution in [-0.2, 0) is 14.3 Å². The second-order valence-electron chi connectivity index (χ2n) is 5.79. The molecule has 0 aliphatic heterocycles. The Bertz CT molecular complexity index is 556. The van der Waals surface area contributed by atoms with Crippen LogP contribution in [0.3, 0.4) is 0 Å². The normalized spacial score (nSPS) is 11.2. The minimum Gasteiger partial charge on any atom is -0.465 e. The third-order valence-corrected chi connectivity index (χ3v) is 3.89. The van der Waals surface area contributed by atoms with Crippen LogP contribution in [0.2, 0.25) is 10.0 Å². The third kappa shape index (κ3) is 6.04. The van der Waals surface area contributed by atoms with Crippen LogP contribution < -0.4 is 4.74 Å². The number of unbranched alkanes of at least 4 members (excludes halogenated alkanes) is 3. The van der Waals surface area contributed by atoms with Gasteiger partial charge in [-0.25, -0.2) is 0 Å². The highest BCUT2D eigenvalue weighted by molar-refractivity contribution is 6.34. The molecule has 0 aromatic heterocycles. The number of halogens is 2. The van der Waals surface area contributed by atoms with E-state index >= 15 is 0 Å². The molecule has 1 aromatic rings. The van der Waals surface area contributed by atoms with E-state index in [1.54, 1.807) is 6.07 Å². The minimum atomic E-state index is -1.42. The lowest BCUT2D eigenvalue weighted by Gasteiger charge is -2.21. The number of carbonyl (C=O) groups excluding carboxylic acids is 2. The lowest BCUT2D eigenvalue weighted by Crippen LogP contribution is -2.38. The van der Waals surface area contributed by atoms with E-state index in [4.69, 9.17) is 32.7 Å². The maximum atomic E-state index is 12.2. The Labute approximate surface area is 147 Å². The predicted molar refractivity (Wildman–Crippen MR) is 91.0 cm³/mol. The molecule has 23 heavy (non-hydrogen) atoms. The summed E-state index contributed by atoms with van der Waals surface area (Å²) >= 11 is 11.8. The van der Waals surface area contributed by atoms with Crippen molar-refractivity contribution < 1.29 is 19.1 Å². The van der Waals surface area contributed by atoms with Gasteiger partial charge in [0.1, 0.15) is 0 Å². The average Bonchev–Trinajstić information content (AvgIpc) is 2.50. The first kappa shape index (κ1) is 19.8. The van der Waals surface area contributed by atoms with Gasteiger partial charge in [0.2, 0.25) is 0 Å². The summed E-state index contributed by atoms with van der Waals surface area (Å²) in [7, 11) is 0. The molecule has 0 unspecified atom stereocenters. The first-order chi connectivity index (χ1) is 10.8. The van der Waals surface area contributed by atoms with Crippen molar-refractivity contribution in [2.75, 3.05) is 6.61 Å². The maximum Gasteiger partial charge on any atom is 0.328 e. The number of hydrogen-bond acceptors (Lipinski definition) is 4. The Balaban J connectivity index is 2.61. The second kappa shape index (κ2) is 9.14. The summed E-state index contributed by atoms with van der Waals surface area (Å²) < 4.78 is 10.4. The Morgan fingerprint density at radius 2 is 1.78 bits per heavy atom. The van der Waals surface area contributed by atoms with Crippen LogP contribution in [0.1, 0.15) is 46.5 Å². The molecular weight excluding hydrogens is 339 g/mol. The Hall–Kier alpha value is -1.26. The molecular formula is C17H22Cl2O4. The summed E-state index contributed by atoms with van der Waals surface area (Å²) in [5, 5.41) is 0.625. The number of hydrogen-bond donors (Lipinski definition) is 0. The van der Waals surface area contributed by atoms with Gasteiger partial charge < -0.3 is 9.47 Å². The van der Waals surface area contributed by atoms with Gasteiger partial charge in [0, 0.05) is 11.1 Å². The lowest BCUT2D eigenvalue weighted by atomic mass is 9.94. The molecule has 0 aliphatic rings. The van der Waals surface area contributed by atoms with Crippen LogP contribution in [0.25, 0.3) is 0 Å². The van der Waals surface area contributed by atoms with Crippen molar-refractivity contribution >= 4 is 35.1 Å². The molecule has 0 bridgehead atoms. The van der Waals surface area contributed by atoms with E-state index < -0.39 is 17.4 Å². The van der Waals surface area contributed by atoms with E-state index in [0.717, 1.165) is 25.7 Å². The minimum absolute atomic E-state index is 0.119. The predicted octanol–water partition coefficient (Wildman–Crippen LogP) is 5.05. The van der Waals surface area contributed by atoms with Gasteiger partial charge in [0.05, 0.1) is 11.6 Å². The molecule has 4 nitrogen and oxygen atoms in total. The highest BCUT2D eigenvalue weighted by Gasteiger charge is 2.40. The van der Waals surface area contributed by atoms with Gasteiger partial charge in [-0.1, -0.05) is 49.4 Å². The SMILES string of the molecule is CCCCCCOC(=O)C(C)(C)C(=O)Oc1cc(Cl)ccc1Cl. The summed E-state index contributed by atoms with van der Waals surface area (Å²) in [6.45, 7) is 5.32. The molecule has 0 heterocycles. The maximum absolute atomic E-state index is 12.2. The van der Waals surface area contributed by atoms with Crippen molar-refractivity contribution in [2.45, 2.75) is 46.5 Å². The Kier molecular flexibility index (Phi) is 7.86. The summed E-state index contributed by atoms with van der Waals surface area (Å²) in [6.07, 6.45) is 3.97. The smallest absolute Gasteiger partial charge is 0.328 e. The van der Waals surface area contributed by atoms with Gasteiger partial charge in [-0.15, -0.1) is 0 Å². The quantitative estimate of drug-likeness (QED) is 0.281. The van der Waals surface area contributed by atoms with Gasteiger partial charge >= 0.3 is 11.9 Å². The van der Waals surface area contributed by atoms with Gasteiger partial charge in [-0.2, -0.15) is 0 Å². The van der Waals surface area contributed by atoms with Crippen molar-refractivity contribution in [1.29, 1.82) is 0 Å². The van der Waals surface area contributed by atoms with E-state index in [2.05, 4.69) is 6.92 Å². The molecule has 1 aromatic carbocycles. The van der Waals surface area contributed by atoms with Crippen LogP contribution >= 0.6 is 23.2 Å². The average molecular weight is 361 g/mol. The lowest BCUT2D eigenvalue weighted by molar-refractivity contribution is -0.164. The molecule has 0 N–H and O–H groups in total. The van der Waals surface area contributed by atoms with Gasteiger partial charge in [0.25, 0.3) is 0 Å². The molecule has 0 fully saturated rings. The largest absolute Gasteiger partial charge is 0.465 e. The number of rotatable bonds is 8. The third-order valence-electron chi connectivity index (χ3n) is 3.35. The first-order valence-corrected chi connectivity index (χ1v) is 8.39. The van der Waals surface area contributed by atoms with Crippen LogP contribution in [0.15, 0.2) is 18.2 Å². The van der Waals surface area contributed by atoms with E-state index in [9.17, 15) is 9.59 Å². The number of carbonyl (C=O) groups is 2. The van der Waals surface area contributed by atoms with Crippen LogP contribution in [0.5, 0.6) is 5.75 Å². The number of benzene rings is 1. The Morgan fingerprint density at radius 3 is 2.43 bits per heavy atom. The fraction of sp³-hybridized carbons (Fsp3) is 0.529. The fourth-order valence-corrected chi connectivity index (χ4v) is 2.06. The zero-order chi connectivity index (χ0) is 17.5. The second-order valence-corrected chi connectivity index (χ2v) is 6.63. The van der Waals surface area contributed by atoms with Gasteiger partial charge in [0.15, 0.2) is 11.2 Å². The molecule has 0 spiro atoms. The molecule has 0 aliphatic carbocycles. The highest BCUT2D eigenvalue weighted by atomic mass is 35.5. The standard InChI is InChI=1S/C17H22Cl2O4/c1-4-5-6-7-10-22-15(20)17(2,3)16(21)23-14-11-12(18)8-9-13(14)19/h8-9,11H,4-7,10H2,1-3H3. The molecule has 0 radical (unpaired) electrons. The summed E-state index contributed by atoms with van der Waals surface area (Å²) in [6, 6.07) is 4.52. The molecule has 1 rings (SSSR count).